The number of anilines is 1. The number of hydrogen-bond donors (Lipinski definition) is 2. The van der Waals surface area contributed by atoms with Gasteiger partial charge < -0.3 is 24.4 Å². The minimum absolute atomic E-state index is 0.252. The van der Waals surface area contributed by atoms with Gasteiger partial charge in [0.25, 0.3) is 0 Å². The molecule has 25 heavy (non-hydrogen) atoms. The number of hydrogen-bond acceptors (Lipinski definition) is 7. The first kappa shape index (κ1) is 18.0. The standard InChI is InChI=1S/C17H27N5O3/c1-12-3-4-13(7-12)22(5-6-25-2)17-15-16(18-10-19-17)21(11-20-15)8-14(24)9-23/h10-14,23-24H,3-9H2,1-2H3. The quantitative estimate of drug-likeness (QED) is 0.728. The molecule has 1 aliphatic carbocycles. The summed E-state index contributed by atoms with van der Waals surface area (Å²) >= 11 is 0. The van der Waals surface area contributed by atoms with Gasteiger partial charge in [-0.2, -0.15) is 0 Å². The average Bonchev–Trinajstić information content (AvgIpc) is 3.22. The number of imidazole rings is 1. The molecule has 0 aliphatic heterocycles. The normalized spacial score (nSPS) is 21.8. The zero-order valence-electron chi connectivity index (χ0n) is 14.9. The van der Waals surface area contributed by atoms with Gasteiger partial charge in [-0.1, -0.05) is 6.92 Å². The van der Waals surface area contributed by atoms with Gasteiger partial charge in [-0.3, -0.25) is 0 Å². The molecule has 8 nitrogen and oxygen atoms in total. The lowest BCUT2D eigenvalue weighted by molar-refractivity contribution is 0.0820. The smallest absolute Gasteiger partial charge is 0.165 e. The van der Waals surface area contributed by atoms with Crippen LogP contribution in [0, 0.1) is 5.92 Å². The Morgan fingerprint density at radius 3 is 2.88 bits per heavy atom. The molecule has 0 spiro atoms. The topological polar surface area (TPSA) is 96.5 Å². The molecule has 2 aromatic heterocycles. The molecule has 0 saturated heterocycles. The first-order valence-corrected chi connectivity index (χ1v) is 8.84. The van der Waals surface area contributed by atoms with Gasteiger partial charge in [0.1, 0.15) is 6.33 Å². The third kappa shape index (κ3) is 3.91. The van der Waals surface area contributed by atoms with Gasteiger partial charge >= 0.3 is 0 Å². The van der Waals surface area contributed by atoms with Crippen LogP contribution in [-0.2, 0) is 11.3 Å². The number of methoxy groups -OCH3 is 1. The van der Waals surface area contributed by atoms with Crippen LogP contribution < -0.4 is 4.90 Å². The van der Waals surface area contributed by atoms with Gasteiger partial charge in [-0.05, 0) is 25.2 Å². The molecule has 1 saturated carbocycles. The largest absolute Gasteiger partial charge is 0.394 e. The lowest BCUT2D eigenvalue weighted by Crippen LogP contribution is -2.37. The van der Waals surface area contributed by atoms with Crippen molar-refractivity contribution in [1.29, 1.82) is 0 Å². The van der Waals surface area contributed by atoms with E-state index in [1.54, 1.807) is 24.3 Å². The van der Waals surface area contributed by atoms with Gasteiger partial charge in [-0.25, -0.2) is 15.0 Å². The number of aliphatic hydroxyl groups is 2. The molecule has 2 heterocycles. The van der Waals surface area contributed by atoms with E-state index in [9.17, 15) is 5.11 Å². The summed E-state index contributed by atoms with van der Waals surface area (Å²) in [6.07, 6.45) is 5.85. The van der Waals surface area contributed by atoms with Gasteiger partial charge in [0.15, 0.2) is 17.0 Å². The van der Waals surface area contributed by atoms with Crippen LogP contribution >= 0.6 is 0 Å². The average molecular weight is 349 g/mol. The fourth-order valence-electron chi connectivity index (χ4n) is 3.61. The van der Waals surface area contributed by atoms with Crippen LogP contribution in [-0.4, -0.2) is 68.7 Å². The number of rotatable bonds is 8. The molecule has 138 valence electrons. The molecule has 3 rings (SSSR count). The van der Waals surface area contributed by atoms with Crippen molar-refractivity contribution in [1.82, 2.24) is 19.5 Å². The lowest BCUT2D eigenvalue weighted by Gasteiger charge is -2.30. The molecule has 1 fully saturated rings. The van der Waals surface area contributed by atoms with E-state index in [0.29, 0.717) is 24.2 Å². The minimum atomic E-state index is -0.837. The molecule has 3 unspecified atom stereocenters. The summed E-state index contributed by atoms with van der Waals surface area (Å²) in [6.45, 7) is 3.63. The molecule has 0 bridgehead atoms. The Hall–Kier alpha value is -1.77. The Bertz CT molecular complexity index is 692. The summed E-state index contributed by atoms with van der Waals surface area (Å²) in [6, 6.07) is 0.427. The summed E-state index contributed by atoms with van der Waals surface area (Å²) in [5, 5.41) is 18.8. The predicted molar refractivity (Wildman–Crippen MR) is 94.4 cm³/mol. The second-order valence-electron chi connectivity index (χ2n) is 6.86. The molecule has 3 atom stereocenters. The highest BCUT2D eigenvalue weighted by atomic mass is 16.5. The fourth-order valence-corrected chi connectivity index (χ4v) is 3.61. The van der Waals surface area contributed by atoms with Crippen LogP contribution in [0.4, 0.5) is 5.82 Å². The van der Waals surface area contributed by atoms with Crippen LogP contribution in [0.2, 0.25) is 0 Å². The minimum Gasteiger partial charge on any atom is -0.394 e. The van der Waals surface area contributed by atoms with Crippen molar-refractivity contribution in [3.05, 3.63) is 12.7 Å². The van der Waals surface area contributed by atoms with E-state index in [-0.39, 0.29) is 13.2 Å². The number of nitrogens with zero attached hydrogens (tertiary/aromatic N) is 5. The molecule has 2 N–H and O–H groups in total. The van der Waals surface area contributed by atoms with Crippen molar-refractivity contribution in [2.45, 2.75) is 44.9 Å². The second-order valence-corrected chi connectivity index (χ2v) is 6.86. The molecule has 0 amide bonds. The van der Waals surface area contributed by atoms with Crippen LogP contribution in [0.25, 0.3) is 11.2 Å². The predicted octanol–water partition coefficient (Wildman–Crippen LogP) is 0.821. The SMILES string of the molecule is COCCN(c1ncnc2c1ncn2CC(O)CO)C1CCC(C)C1. The van der Waals surface area contributed by atoms with Gasteiger partial charge in [0.05, 0.1) is 32.2 Å². The van der Waals surface area contributed by atoms with E-state index in [2.05, 4.69) is 26.8 Å². The van der Waals surface area contributed by atoms with Crippen LogP contribution in [0.3, 0.4) is 0 Å². The lowest BCUT2D eigenvalue weighted by atomic mass is 10.1. The Morgan fingerprint density at radius 1 is 1.36 bits per heavy atom. The van der Waals surface area contributed by atoms with Gasteiger partial charge in [0, 0.05) is 19.7 Å². The third-order valence-electron chi connectivity index (χ3n) is 4.92. The molecule has 2 aromatic rings. The van der Waals surface area contributed by atoms with E-state index in [0.717, 1.165) is 30.7 Å². The van der Waals surface area contributed by atoms with Crippen LogP contribution in [0.5, 0.6) is 0 Å². The van der Waals surface area contributed by atoms with E-state index in [1.165, 1.54) is 6.42 Å². The number of aliphatic hydroxyl groups excluding tert-OH is 2. The Balaban J connectivity index is 1.94. The Labute approximate surface area is 147 Å². The van der Waals surface area contributed by atoms with Crippen LogP contribution in [0.1, 0.15) is 26.2 Å². The van der Waals surface area contributed by atoms with Crippen molar-refractivity contribution in [3.8, 4) is 0 Å². The highest BCUT2D eigenvalue weighted by Gasteiger charge is 2.29. The Kier molecular flexibility index (Phi) is 5.82. The van der Waals surface area contributed by atoms with Gasteiger partial charge in [-0.15, -0.1) is 0 Å². The van der Waals surface area contributed by atoms with E-state index in [1.807, 2.05) is 0 Å². The first-order chi connectivity index (χ1) is 12.1. The number of aromatic nitrogens is 4. The van der Waals surface area contributed by atoms with Gasteiger partial charge in [0.2, 0.25) is 0 Å². The van der Waals surface area contributed by atoms with Crippen molar-refractivity contribution in [2.24, 2.45) is 5.92 Å². The van der Waals surface area contributed by atoms with Crippen molar-refractivity contribution >= 4 is 17.0 Å². The van der Waals surface area contributed by atoms with Crippen molar-refractivity contribution in [3.63, 3.8) is 0 Å². The van der Waals surface area contributed by atoms with Crippen LogP contribution in [0.15, 0.2) is 12.7 Å². The molecular formula is C17H27N5O3. The summed E-state index contributed by atoms with van der Waals surface area (Å²) in [4.78, 5) is 15.6. The zero-order chi connectivity index (χ0) is 17.8. The maximum Gasteiger partial charge on any atom is 0.165 e. The second kappa shape index (κ2) is 8.07. The molecule has 0 aromatic carbocycles. The number of ether oxygens (including phenoxy) is 1. The first-order valence-electron chi connectivity index (χ1n) is 8.84. The summed E-state index contributed by atoms with van der Waals surface area (Å²) in [5.74, 6) is 1.53. The molecular weight excluding hydrogens is 322 g/mol. The van der Waals surface area contributed by atoms with Crippen molar-refractivity contribution in [2.75, 3.05) is 31.8 Å². The summed E-state index contributed by atoms with van der Waals surface area (Å²) in [7, 11) is 1.70. The molecule has 0 radical (unpaired) electrons. The Morgan fingerprint density at radius 2 is 2.20 bits per heavy atom. The fraction of sp³-hybridized carbons (Fsp3) is 0.706. The number of fused-ring (bicyclic) bond motifs is 1. The summed E-state index contributed by atoms with van der Waals surface area (Å²) in [5.41, 5.74) is 1.40. The maximum atomic E-state index is 9.72. The van der Waals surface area contributed by atoms with E-state index < -0.39 is 6.10 Å². The highest BCUT2D eigenvalue weighted by Crippen LogP contribution is 2.33. The highest BCUT2D eigenvalue weighted by molar-refractivity contribution is 5.83. The zero-order valence-corrected chi connectivity index (χ0v) is 14.9. The van der Waals surface area contributed by atoms with E-state index in [4.69, 9.17) is 9.84 Å². The molecule has 1 aliphatic rings. The summed E-state index contributed by atoms with van der Waals surface area (Å²) < 4.78 is 7.05. The van der Waals surface area contributed by atoms with Crippen molar-refractivity contribution < 1.29 is 14.9 Å². The molecule has 8 heteroatoms. The monoisotopic (exact) mass is 349 g/mol. The maximum absolute atomic E-state index is 9.72. The third-order valence-corrected chi connectivity index (χ3v) is 4.92. The van der Waals surface area contributed by atoms with E-state index >= 15 is 0 Å².